The van der Waals surface area contributed by atoms with Gasteiger partial charge in [0.2, 0.25) is 0 Å². The number of hydrogen-bond donors (Lipinski definition) is 2. The van der Waals surface area contributed by atoms with Gasteiger partial charge in [0, 0.05) is 11.7 Å². The Balaban J connectivity index is 1.94. The van der Waals surface area contributed by atoms with E-state index in [2.05, 4.69) is 31.3 Å². The van der Waals surface area contributed by atoms with Crippen LogP contribution in [0.25, 0.3) is 0 Å². The summed E-state index contributed by atoms with van der Waals surface area (Å²) in [5.41, 5.74) is 0.381. The summed E-state index contributed by atoms with van der Waals surface area (Å²) in [5.74, 6) is -0.357. The molecule has 0 heterocycles. The number of amides is 2. The van der Waals surface area contributed by atoms with Gasteiger partial charge in [-0.1, -0.05) is 12.8 Å². The Morgan fingerprint density at radius 3 is 2.52 bits per heavy atom. The first-order valence-corrected chi connectivity index (χ1v) is 7.25. The molecular formula is C13H14BrF3N2O2. The maximum atomic E-state index is 12.1. The first kappa shape index (κ1) is 15.9. The number of anilines is 1. The number of hydrogen-bond acceptors (Lipinski definition) is 2. The van der Waals surface area contributed by atoms with Crippen LogP contribution in [0.4, 0.5) is 23.7 Å². The molecule has 1 aromatic rings. The predicted molar refractivity (Wildman–Crippen MR) is 75.2 cm³/mol. The lowest BCUT2D eigenvalue weighted by Crippen LogP contribution is -2.36. The van der Waals surface area contributed by atoms with Crippen molar-refractivity contribution in [1.29, 1.82) is 0 Å². The van der Waals surface area contributed by atoms with Gasteiger partial charge < -0.3 is 15.4 Å². The SMILES string of the molecule is O=C(Nc1ccc(OC(F)(F)F)c(Br)c1)NC1CCCC1. The second kappa shape index (κ2) is 6.55. The standard InChI is InChI=1S/C13H14BrF3N2O2/c14-10-7-9(5-6-11(10)21-13(15,16)17)19-12(20)18-8-3-1-2-4-8/h5-8H,1-4H2,(H2,18,19,20). The van der Waals surface area contributed by atoms with Crippen LogP contribution in [0.3, 0.4) is 0 Å². The van der Waals surface area contributed by atoms with Gasteiger partial charge in [-0.2, -0.15) is 0 Å². The number of rotatable bonds is 3. The second-order valence-electron chi connectivity index (χ2n) is 4.77. The van der Waals surface area contributed by atoms with E-state index >= 15 is 0 Å². The zero-order valence-corrected chi connectivity index (χ0v) is 12.6. The fraction of sp³-hybridized carbons (Fsp3) is 0.462. The van der Waals surface area contributed by atoms with Crippen LogP contribution in [0.5, 0.6) is 5.75 Å². The third-order valence-electron chi connectivity index (χ3n) is 3.11. The number of halogens is 4. The molecule has 8 heteroatoms. The van der Waals surface area contributed by atoms with Crippen molar-refractivity contribution < 1.29 is 22.7 Å². The first-order chi connectivity index (χ1) is 9.83. The Morgan fingerprint density at radius 1 is 1.29 bits per heavy atom. The highest BCUT2D eigenvalue weighted by atomic mass is 79.9. The summed E-state index contributed by atoms with van der Waals surface area (Å²) in [6, 6.07) is 3.65. The summed E-state index contributed by atoms with van der Waals surface area (Å²) in [6.07, 6.45) is -0.651. The molecule has 0 radical (unpaired) electrons. The summed E-state index contributed by atoms with van der Waals surface area (Å²) < 4.78 is 40.3. The maximum Gasteiger partial charge on any atom is 0.573 e. The van der Waals surface area contributed by atoms with Gasteiger partial charge in [-0.05, 0) is 47.0 Å². The number of carbonyl (C=O) groups is 1. The molecule has 116 valence electrons. The minimum Gasteiger partial charge on any atom is -0.405 e. The van der Waals surface area contributed by atoms with Crippen molar-refractivity contribution in [3.8, 4) is 5.75 Å². The summed E-state index contributed by atoms with van der Waals surface area (Å²) in [4.78, 5) is 11.7. The van der Waals surface area contributed by atoms with E-state index in [0.29, 0.717) is 5.69 Å². The molecule has 1 aliphatic carbocycles. The van der Waals surface area contributed by atoms with Crippen LogP contribution < -0.4 is 15.4 Å². The van der Waals surface area contributed by atoms with Crippen molar-refractivity contribution in [3.63, 3.8) is 0 Å². The molecule has 1 saturated carbocycles. The van der Waals surface area contributed by atoms with Crippen molar-refractivity contribution in [2.45, 2.75) is 38.1 Å². The smallest absolute Gasteiger partial charge is 0.405 e. The average Bonchev–Trinajstić information content (AvgIpc) is 2.84. The van der Waals surface area contributed by atoms with E-state index < -0.39 is 6.36 Å². The maximum absolute atomic E-state index is 12.1. The predicted octanol–water partition coefficient (Wildman–Crippen LogP) is 4.41. The van der Waals surface area contributed by atoms with Gasteiger partial charge >= 0.3 is 12.4 Å². The fourth-order valence-corrected chi connectivity index (χ4v) is 2.67. The number of ether oxygens (including phenoxy) is 1. The molecule has 1 aromatic carbocycles. The van der Waals surface area contributed by atoms with Gasteiger partial charge in [-0.15, -0.1) is 13.2 Å². The molecule has 1 aliphatic rings. The molecule has 0 unspecified atom stereocenters. The van der Waals surface area contributed by atoms with Crippen LogP contribution in [0.15, 0.2) is 22.7 Å². The average molecular weight is 367 g/mol. The summed E-state index contributed by atoms with van der Waals surface area (Å²) in [7, 11) is 0. The summed E-state index contributed by atoms with van der Waals surface area (Å²) in [5, 5.41) is 5.41. The van der Waals surface area contributed by atoms with Crippen molar-refractivity contribution in [1.82, 2.24) is 5.32 Å². The molecule has 4 nitrogen and oxygen atoms in total. The molecule has 0 bridgehead atoms. The van der Waals surface area contributed by atoms with E-state index in [9.17, 15) is 18.0 Å². The first-order valence-electron chi connectivity index (χ1n) is 6.46. The molecule has 0 aromatic heterocycles. The fourth-order valence-electron chi connectivity index (χ4n) is 2.21. The van der Waals surface area contributed by atoms with Crippen molar-refractivity contribution >= 4 is 27.6 Å². The largest absolute Gasteiger partial charge is 0.573 e. The highest BCUT2D eigenvalue weighted by Crippen LogP contribution is 2.32. The van der Waals surface area contributed by atoms with Crippen LogP contribution in [-0.2, 0) is 0 Å². The van der Waals surface area contributed by atoms with E-state index in [1.54, 1.807) is 0 Å². The molecule has 0 spiro atoms. The van der Waals surface area contributed by atoms with Gasteiger partial charge in [-0.25, -0.2) is 4.79 Å². The molecule has 21 heavy (non-hydrogen) atoms. The Morgan fingerprint density at radius 2 is 1.95 bits per heavy atom. The van der Waals surface area contributed by atoms with Crippen molar-refractivity contribution in [2.75, 3.05) is 5.32 Å². The highest BCUT2D eigenvalue weighted by Gasteiger charge is 2.32. The lowest BCUT2D eigenvalue weighted by molar-refractivity contribution is -0.274. The van der Waals surface area contributed by atoms with Crippen LogP contribution in [0.2, 0.25) is 0 Å². The normalized spacial score (nSPS) is 15.8. The van der Waals surface area contributed by atoms with Crippen molar-refractivity contribution in [2.24, 2.45) is 0 Å². The van der Waals surface area contributed by atoms with Crippen LogP contribution in [0.1, 0.15) is 25.7 Å². The topological polar surface area (TPSA) is 50.4 Å². The van der Waals surface area contributed by atoms with E-state index in [1.165, 1.54) is 12.1 Å². The van der Waals surface area contributed by atoms with Gasteiger partial charge in [0.05, 0.1) is 4.47 Å². The lowest BCUT2D eigenvalue weighted by Gasteiger charge is -2.14. The van der Waals surface area contributed by atoms with Gasteiger partial charge in [0.25, 0.3) is 0 Å². The number of urea groups is 1. The third-order valence-corrected chi connectivity index (χ3v) is 3.73. The summed E-state index contributed by atoms with van der Waals surface area (Å²) in [6.45, 7) is 0. The zero-order valence-electron chi connectivity index (χ0n) is 11.0. The number of alkyl halides is 3. The van der Waals surface area contributed by atoms with E-state index in [0.717, 1.165) is 31.7 Å². The molecule has 1 fully saturated rings. The molecule has 0 saturated heterocycles. The number of carbonyl (C=O) groups excluding carboxylic acids is 1. The van der Waals surface area contributed by atoms with E-state index in [4.69, 9.17) is 0 Å². The highest BCUT2D eigenvalue weighted by molar-refractivity contribution is 9.10. The minimum absolute atomic E-state index is 0.110. The minimum atomic E-state index is -4.75. The van der Waals surface area contributed by atoms with E-state index in [1.807, 2.05) is 0 Å². The molecular weight excluding hydrogens is 353 g/mol. The van der Waals surface area contributed by atoms with E-state index in [-0.39, 0.29) is 22.3 Å². The monoisotopic (exact) mass is 366 g/mol. The number of nitrogens with one attached hydrogen (secondary N) is 2. The van der Waals surface area contributed by atoms with Crippen molar-refractivity contribution in [3.05, 3.63) is 22.7 Å². The quantitative estimate of drug-likeness (QED) is 0.832. The Labute approximate surface area is 128 Å². The van der Waals surface area contributed by atoms with Gasteiger partial charge in [-0.3, -0.25) is 0 Å². The zero-order chi connectivity index (χ0) is 15.5. The van der Waals surface area contributed by atoms with Gasteiger partial charge in [0.1, 0.15) is 5.75 Å². The Kier molecular flexibility index (Phi) is 4.97. The molecule has 0 atom stereocenters. The molecule has 0 aliphatic heterocycles. The molecule has 2 N–H and O–H groups in total. The summed E-state index contributed by atoms with van der Waals surface area (Å²) >= 11 is 2.98. The number of benzene rings is 1. The third kappa shape index (κ3) is 5.11. The van der Waals surface area contributed by atoms with Crippen LogP contribution in [-0.4, -0.2) is 18.4 Å². The second-order valence-corrected chi connectivity index (χ2v) is 5.63. The Bertz CT molecular complexity index is 517. The lowest BCUT2D eigenvalue weighted by atomic mass is 10.2. The van der Waals surface area contributed by atoms with Crippen LogP contribution in [0, 0.1) is 0 Å². The van der Waals surface area contributed by atoms with Crippen LogP contribution >= 0.6 is 15.9 Å². The Hall–Kier alpha value is -1.44. The molecule has 2 amide bonds. The molecule has 2 rings (SSSR count). The van der Waals surface area contributed by atoms with Gasteiger partial charge in [0.15, 0.2) is 0 Å².